The highest BCUT2D eigenvalue weighted by molar-refractivity contribution is 6.29. The third-order valence-corrected chi connectivity index (χ3v) is 2.63. The lowest BCUT2D eigenvalue weighted by Gasteiger charge is -2.10. The highest BCUT2D eigenvalue weighted by Crippen LogP contribution is 2.18. The van der Waals surface area contributed by atoms with Gasteiger partial charge in [-0.15, -0.1) is 0 Å². The number of aromatic nitrogens is 1. The van der Waals surface area contributed by atoms with E-state index in [-0.39, 0.29) is 0 Å². The first-order valence-corrected chi connectivity index (χ1v) is 5.47. The second-order valence-corrected chi connectivity index (χ2v) is 4.01. The molecule has 2 rings (SSSR count). The van der Waals surface area contributed by atoms with Crippen molar-refractivity contribution in [1.82, 2.24) is 4.98 Å². The van der Waals surface area contributed by atoms with Crippen LogP contribution < -0.4 is 0 Å². The zero-order valence-corrected chi connectivity index (χ0v) is 9.43. The molecule has 0 saturated carbocycles. The first kappa shape index (κ1) is 11.1. The summed E-state index contributed by atoms with van der Waals surface area (Å²) < 4.78 is 0. The van der Waals surface area contributed by atoms with Crippen molar-refractivity contribution >= 4 is 11.6 Å². The molecule has 0 spiro atoms. The maximum atomic E-state index is 9.98. The number of aliphatic hydroxyl groups is 1. The molecule has 1 aromatic heterocycles. The molecule has 2 aromatic rings. The van der Waals surface area contributed by atoms with Crippen LogP contribution in [-0.4, -0.2) is 10.1 Å². The number of pyridine rings is 1. The summed E-state index contributed by atoms with van der Waals surface area (Å²) in [6.07, 6.45) is 1.74. The van der Waals surface area contributed by atoms with Crippen LogP contribution in [-0.2, 0) is 6.42 Å². The van der Waals surface area contributed by atoms with Gasteiger partial charge in [0.25, 0.3) is 0 Å². The summed E-state index contributed by atoms with van der Waals surface area (Å²) >= 11 is 5.69. The van der Waals surface area contributed by atoms with Gasteiger partial charge < -0.3 is 5.11 Å². The summed E-state index contributed by atoms with van der Waals surface area (Å²) in [6.45, 7) is 0. The van der Waals surface area contributed by atoms with Crippen LogP contribution in [0.5, 0.6) is 0 Å². The van der Waals surface area contributed by atoms with Gasteiger partial charge in [0.1, 0.15) is 5.15 Å². The number of rotatable bonds is 3. The Morgan fingerprint density at radius 2 is 1.88 bits per heavy atom. The molecular weight excluding hydrogens is 222 g/mol. The molecule has 1 heterocycles. The van der Waals surface area contributed by atoms with Crippen molar-refractivity contribution in [3.05, 3.63) is 64.9 Å². The topological polar surface area (TPSA) is 33.1 Å². The van der Waals surface area contributed by atoms with Crippen LogP contribution in [0.1, 0.15) is 17.2 Å². The van der Waals surface area contributed by atoms with Gasteiger partial charge in [0, 0.05) is 12.6 Å². The van der Waals surface area contributed by atoms with Crippen LogP contribution in [0.2, 0.25) is 5.15 Å². The Kier molecular flexibility index (Phi) is 3.54. The number of nitrogens with zero attached hydrogens (tertiary/aromatic N) is 1. The highest BCUT2D eigenvalue weighted by atomic mass is 35.5. The molecule has 1 aromatic carbocycles. The summed E-state index contributed by atoms with van der Waals surface area (Å²) in [4.78, 5) is 3.98. The largest absolute Gasteiger partial charge is 0.388 e. The Bertz CT molecular complexity index is 441. The average molecular weight is 234 g/mol. The van der Waals surface area contributed by atoms with Crippen LogP contribution in [0.3, 0.4) is 0 Å². The van der Waals surface area contributed by atoms with Crippen LogP contribution in [0.25, 0.3) is 0 Å². The Morgan fingerprint density at radius 3 is 2.50 bits per heavy atom. The Labute approximate surface area is 99.5 Å². The molecule has 0 aliphatic rings. The average Bonchev–Trinajstić information content (AvgIpc) is 2.33. The van der Waals surface area contributed by atoms with E-state index in [1.165, 1.54) is 0 Å². The van der Waals surface area contributed by atoms with Gasteiger partial charge in [0.05, 0.1) is 6.10 Å². The molecule has 1 N–H and O–H groups in total. The number of benzene rings is 1. The summed E-state index contributed by atoms with van der Waals surface area (Å²) in [7, 11) is 0. The van der Waals surface area contributed by atoms with E-state index in [9.17, 15) is 5.11 Å². The molecule has 0 bridgehead atoms. The fourth-order valence-corrected chi connectivity index (χ4v) is 1.66. The second-order valence-electron chi connectivity index (χ2n) is 3.62. The van der Waals surface area contributed by atoms with Gasteiger partial charge >= 0.3 is 0 Å². The molecular formula is C13H12ClNO. The zero-order valence-electron chi connectivity index (χ0n) is 8.68. The zero-order chi connectivity index (χ0) is 11.4. The van der Waals surface area contributed by atoms with Crippen LogP contribution in [0, 0.1) is 0 Å². The van der Waals surface area contributed by atoms with Crippen molar-refractivity contribution in [3.63, 3.8) is 0 Å². The van der Waals surface area contributed by atoms with Gasteiger partial charge in [0.15, 0.2) is 0 Å². The van der Waals surface area contributed by atoms with Gasteiger partial charge in [0.2, 0.25) is 0 Å². The van der Waals surface area contributed by atoms with Gasteiger partial charge in [-0.1, -0.05) is 48.0 Å². The Morgan fingerprint density at radius 1 is 1.12 bits per heavy atom. The van der Waals surface area contributed by atoms with E-state index in [1.807, 2.05) is 36.4 Å². The molecule has 0 aliphatic carbocycles. The van der Waals surface area contributed by atoms with Gasteiger partial charge in [-0.25, -0.2) is 4.98 Å². The van der Waals surface area contributed by atoms with Gasteiger partial charge in [-0.2, -0.15) is 0 Å². The van der Waals surface area contributed by atoms with E-state index in [0.717, 1.165) is 11.1 Å². The van der Waals surface area contributed by atoms with Crippen molar-refractivity contribution in [2.45, 2.75) is 12.5 Å². The lowest BCUT2D eigenvalue weighted by molar-refractivity contribution is 0.178. The molecule has 0 saturated heterocycles. The minimum Gasteiger partial charge on any atom is -0.388 e. The van der Waals surface area contributed by atoms with Crippen molar-refractivity contribution in [2.75, 3.05) is 0 Å². The minimum atomic E-state index is -0.496. The van der Waals surface area contributed by atoms with E-state index in [0.29, 0.717) is 11.6 Å². The number of hydrogen-bond acceptors (Lipinski definition) is 2. The third-order valence-electron chi connectivity index (χ3n) is 2.40. The summed E-state index contributed by atoms with van der Waals surface area (Å²) in [5.41, 5.74) is 1.89. The molecule has 0 fully saturated rings. The predicted octanol–water partition coefficient (Wildman–Crippen LogP) is 3.01. The molecule has 82 valence electrons. The molecule has 1 unspecified atom stereocenters. The van der Waals surface area contributed by atoms with Crippen molar-refractivity contribution in [3.8, 4) is 0 Å². The molecule has 16 heavy (non-hydrogen) atoms. The lowest BCUT2D eigenvalue weighted by atomic mass is 10.0. The summed E-state index contributed by atoms with van der Waals surface area (Å²) in [5, 5.41) is 10.5. The third kappa shape index (κ3) is 2.81. The molecule has 1 atom stereocenters. The quantitative estimate of drug-likeness (QED) is 0.827. The summed E-state index contributed by atoms with van der Waals surface area (Å²) in [6, 6.07) is 13.2. The van der Waals surface area contributed by atoms with Crippen molar-refractivity contribution in [2.24, 2.45) is 0 Å². The molecule has 0 amide bonds. The standard InChI is InChI=1S/C13H12ClNO/c14-13-7-6-10(9-15-13)8-12(16)11-4-2-1-3-5-11/h1-7,9,12,16H,8H2. The smallest absolute Gasteiger partial charge is 0.129 e. The number of hydrogen-bond donors (Lipinski definition) is 1. The molecule has 2 nitrogen and oxygen atoms in total. The predicted molar refractivity (Wildman–Crippen MR) is 64.4 cm³/mol. The van der Waals surface area contributed by atoms with E-state index in [1.54, 1.807) is 12.3 Å². The van der Waals surface area contributed by atoms with E-state index in [4.69, 9.17) is 11.6 Å². The van der Waals surface area contributed by atoms with E-state index >= 15 is 0 Å². The molecule has 3 heteroatoms. The van der Waals surface area contributed by atoms with Crippen molar-refractivity contribution in [1.29, 1.82) is 0 Å². The Balaban J connectivity index is 2.08. The van der Waals surface area contributed by atoms with Crippen LogP contribution in [0.4, 0.5) is 0 Å². The number of aliphatic hydroxyl groups excluding tert-OH is 1. The maximum absolute atomic E-state index is 9.98. The number of halogens is 1. The first-order chi connectivity index (χ1) is 7.75. The summed E-state index contributed by atoms with van der Waals surface area (Å²) in [5.74, 6) is 0. The molecule has 0 aliphatic heterocycles. The van der Waals surface area contributed by atoms with E-state index < -0.39 is 6.10 Å². The first-order valence-electron chi connectivity index (χ1n) is 5.09. The van der Waals surface area contributed by atoms with Gasteiger partial charge in [-0.05, 0) is 17.2 Å². The van der Waals surface area contributed by atoms with E-state index in [2.05, 4.69) is 4.98 Å². The normalized spacial score (nSPS) is 12.4. The second kappa shape index (κ2) is 5.10. The van der Waals surface area contributed by atoms with Crippen molar-refractivity contribution < 1.29 is 5.11 Å². The fraction of sp³-hybridized carbons (Fsp3) is 0.154. The molecule has 0 radical (unpaired) electrons. The van der Waals surface area contributed by atoms with Gasteiger partial charge in [-0.3, -0.25) is 0 Å². The Hall–Kier alpha value is -1.38. The maximum Gasteiger partial charge on any atom is 0.129 e. The SMILES string of the molecule is OC(Cc1ccc(Cl)nc1)c1ccccc1. The monoisotopic (exact) mass is 233 g/mol. The van der Waals surface area contributed by atoms with Crippen LogP contribution >= 0.6 is 11.6 Å². The fourth-order valence-electron chi connectivity index (χ4n) is 1.54. The van der Waals surface area contributed by atoms with Crippen LogP contribution in [0.15, 0.2) is 48.7 Å². The minimum absolute atomic E-state index is 0.470. The highest BCUT2D eigenvalue weighted by Gasteiger charge is 2.07. The lowest BCUT2D eigenvalue weighted by Crippen LogP contribution is -2.01.